The van der Waals surface area contributed by atoms with Crippen LogP contribution in [0.4, 0.5) is 5.82 Å². The molecular weight excluding hydrogens is 416 g/mol. The first kappa shape index (κ1) is 23.2. The van der Waals surface area contributed by atoms with E-state index in [4.69, 9.17) is 10.6 Å². The van der Waals surface area contributed by atoms with E-state index in [0.29, 0.717) is 11.7 Å². The van der Waals surface area contributed by atoms with Gasteiger partial charge in [-0.2, -0.15) is 0 Å². The molecule has 0 aromatic carbocycles. The lowest BCUT2D eigenvalue weighted by Crippen LogP contribution is -2.46. The average molecular weight is 451 g/mol. The first-order valence-electron chi connectivity index (χ1n) is 11.8. The molecule has 2 aromatic heterocycles. The number of likely N-dealkylation sites (tertiary alicyclic amines) is 2. The summed E-state index contributed by atoms with van der Waals surface area (Å²) in [5.41, 5.74) is 9.83. The van der Waals surface area contributed by atoms with Crippen LogP contribution in [0.5, 0.6) is 0 Å². The number of hydrogen-bond acceptors (Lipinski definition) is 7. The second-order valence-electron chi connectivity index (χ2n) is 9.12. The molecule has 0 unspecified atom stereocenters. The maximum absolute atomic E-state index is 13.2. The maximum atomic E-state index is 13.2. The van der Waals surface area contributed by atoms with Crippen molar-refractivity contribution >= 4 is 17.4 Å². The zero-order valence-corrected chi connectivity index (χ0v) is 19.6. The highest BCUT2D eigenvalue weighted by molar-refractivity contribution is 6.00. The smallest absolute Gasteiger partial charge is 0.225 e. The minimum absolute atomic E-state index is 0.117. The molecule has 0 aliphatic carbocycles. The third kappa shape index (κ3) is 5.87. The van der Waals surface area contributed by atoms with E-state index >= 15 is 0 Å². The maximum Gasteiger partial charge on any atom is 0.225 e. The highest BCUT2D eigenvalue weighted by Crippen LogP contribution is 2.26. The number of piperidine rings is 2. The quantitative estimate of drug-likeness (QED) is 0.537. The predicted octanol–water partition coefficient (Wildman–Crippen LogP) is 2.87. The van der Waals surface area contributed by atoms with Crippen LogP contribution in [0.25, 0.3) is 0 Å². The Balaban J connectivity index is 1.28. The zero-order chi connectivity index (χ0) is 23.2. The summed E-state index contributed by atoms with van der Waals surface area (Å²) >= 11 is 0. The van der Waals surface area contributed by atoms with Gasteiger partial charge in [0.1, 0.15) is 18.6 Å². The Morgan fingerprint density at radius 1 is 1.09 bits per heavy atom. The molecule has 4 rings (SSSR count). The van der Waals surface area contributed by atoms with Crippen LogP contribution in [-0.4, -0.2) is 64.7 Å². The standard InChI is InChI=1S/C25H34N6O2/c1-18-3-4-22(28-16-18)24(29-33-2)20-8-13-31(14-9-20)25(32)21-6-11-30(12-7-21)17-19-5-10-27-23(26)15-19/h3-5,10,15-16,20-21H,6-9,11-14,17H2,1-2H3,(H2,26,27)/b29-24+. The number of rotatable bonds is 6. The normalized spacial score (nSPS) is 19.0. The van der Waals surface area contributed by atoms with Crippen molar-refractivity contribution < 1.29 is 9.63 Å². The minimum Gasteiger partial charge on any atom is -0.399 e. The largest absolute Gasteiger partial charge is 0.399 e. The van der Waals surface area contributed by atoms with E-state index in [1.54, 1.807) is 13.3 Å². The summed E-state index contributed by atoms with van der Waals surface area (Å²) in [5.74, 6) is 1.22. The third-order valence-corrected chi connectivity index (χ3v) is 6.75. The second kappa shape index (κ2) is 10.7. The number of nitrogens with zero attached hydrogens (tertiary/aromatic N) is 5. The molecule has 0 spiro atoms. The third-order valence-electron chi connectivity index (χ3n) is 6.75. The Kier molecular flexibility index (Phi) is 7.54. The van der Waals surface area contributed by atoms with Crippen LogP contribution >= 0.6 is 0 Å². The van der Waals surface area contributed by atoms with Crippen LogP contribution in [0, 0.1) is 18.8 Å². The number of oxime groups is 1. The molecule has 8 nitrogen and oxygen atoms in total. The monoisotopic (exact) mass is 450 g/mol. The molecule has 2 N–H and O–H groups in total. The number of hydrogen-bond donors (Lipinski definition) is 1. The average Bonchev–Trinajstić information content (AvgIpc) is 2.83. The molecule has 176 valence electrons. The Hall–Kier alpha value is -3.00. The van der Waals surface area contributed by atoms with E-state index in [-0.39, 0.29) is 11.8 Å². The van der Waals surface area contributed by atoms with E-state index < -0.39 is 0 Å². The predicted molar refractivity (Wildman–Crippen MR) is 128 cm³/mol. The summed E-state index contributed by atoms with van der Waals surface area (Å²) < 4.78 is 0. The molecular formula is C25H34N6O2. The van der Waals surface area contributed by atoms with Crippen LogP contribution in [0.3, 0.4) is 0 Å². The molecule has 2 saturated heterocycles. The van der Waals surface area contributed by atoms with Crippen molar-refractivity contribution in [1.82, 2.24) is 19.8 Å². The van der Waals surface area contributed by atoms with Gasteiger partial charge in [-0.15, -0.1) is 0 Å². The van der Waals surface area contributed by atoms with Crippen molar-refractivity contribution in [1.29, 1.82) is 0 Å². The Morgan fingerprint density at radius 2 is 1.82 bits per heavy atom. The van der Waals surface area contributed by atoms with E-state index in [1.807, 2.05) is 42.3 Å². The number of carbonyl (C=O) groups excluding carboxylic acids is 1. The summed E-state index contributed by atoms with van der Waals surface area (Å²) in [5, 5.41) is 4.29. The molecule has 0 saturated carbocycles. The van der Waals surface area contributed by atoms with Gasteiger partial charge < -0.3 is 15.5 Å². The molecule has 0 radical (unpaired) electrons. The van der Waals surface area contributed by atoms with Crippen LogP contribution in [0.1, 0.15) is 42.5 Å². The topological polar surface area (TPSA) is 96.9 Å². The summed E-state index contributed by atoms with van der Waals surface area (Å²) in [4.78, 5) is 31.3. The molecule has 0 atom stereocenters. The number of nitrogen functional groups attached to an aromatic ring is 1. The van der Waals surface area contributed by atoms with Gasteiger partial charge in [0.2, 0.25) is 5.91 Å². The van der Waals surface area contributed by atoms with Gasteiger partial charge in [0, 0.05) is 43.9 Å². The van der Waals surface area contributed by atoms with Gasteiger partial charge in [-0.1, -0.05) is 11.2 Å². The molecule has 8 heteroatoms. The summed E-state index contributed by atoms with van der Waals surface area (Å²) in [7, 11) is 1.57. The first-order valence-corrected chi connectivity index (χ1v) is 11.8. The second-order valence-corrected chi connectivity index (χ2v) is 9.12. The van der Waals surface area contributed by atoms with Crippen molar-refractivity contribution in [2.24, 2.45) is 17.0 Å². The van der Waals surface area contributed by atoms with Gasteiger partial charge in [-0.05, 0) is 75.0 Å². The Morgan fingerprint density at radius 3 is 2.45 bits per heavy atom. The number of aromatic nitrogens is 2. The molecule has 2 aromatic rings. The Labute approximate surface area is 195 Å². The lowest BCUT2D eigenvalue weighted by Gasteiger charge is -2.37. The van der Waals surface area contributed by atoms with E-state index in [9.17, 15) is 4.79 Å². The van der Waals surface area contributed by atoms with E-state index in [1.165, 1.54) is 5.56 Å². The summed E-state index contributed by atoms with van der Waals surface area (Å²) in [6, 6.07) is 7.97. The van der Waals surface area contributed by atoms with Crippen molar-refractivity contribution in [2.75, 3.05) is 39.0 Å². The number of nitrogens with two attached hydrogens (primary N) is 1. The van der Waals surface area contributed by atoms with Gasteiger partial charge in [-0.3, -0.25) is 14.7 Å². The number of anilines is 1. The minimum atomic E-state index is 0.117. The molecule has 1 amide bonds. The molecule has 0 bridgehead atoms. The fraction of sp³-hybridized carbons (Fsp3) is 0.520. The van der Waals surface area contributed by atoms with Crippen LogP contribution in [0.2, 0.25) is 0 Å². The lowest BCUT2D eigenvalue weighted by atomic mass is 9.88. The number of aryl methyl sites for hydroxylation is 1. The van der Waals surface area contributed by atoms with Crippen molar-refractivity contribution in [3.8, 4) is 0 Å². The Bertz CT molecular complexity index is 961. The van der Waals surface area contributed by atoms with Gasteiger partial charge in [-0.25, -0.2) is 4.98 Å². The SMILES string of the molecule is CO/N=C(/c1ccc(C)cn1)C1CCN(C(=O)C2CCN(Cc3ccnc(N)c3)CC2)CC1. The summed E-state index contributed by atoms with van der Waals surface area (Å²) in [6.45, 7) is 6.25. The first-order chi connectivity index (χ1) is 16.0. The number of amides is 1. The van der Waals surface area contributed by atoms with Crippen molar-refractivity contribution in [3.05, 3.63) is 53.5 Å². The van der Waals surface area contributed by atoms with E-state index in [0.717, 1.165) is 75.4 Å². The molecule has 33 heavy (non-hydrogen) atoms. The van der Waals surface area contributed by atoms with Gasteiger partial charge in [0.15, 0.2) is 0 Å². The fourth-order valence-corrected chi connectivity index (χ4v) is 4.87. The molecule has 2 aliphatic rings. The van der Waals surface area contributed by atoms with Gasteiger partial charge in [0.05, 0.1) is 5.69 Å². The number of pyridine rings is 2. The van der Waals surface area contributed by atoms with Gasteiger partial charge >= 0.3 is 0 Å². The van der Waals surface area contributed by atoms with Crippen molar-refractivity contribution in [2.45, 2.75) is 39.2 Å². The molecule has 2 fully saturated rings. The highest BCUT2D eigenvalue weighted by Gasteiger charge is 2.32. The van der Waals surface area contributed by atoms with Crippen LogP contribution < -0.4 is 5.73 Å². The van der Waals surface area contributed by atoms with Gasteiger partial charge in [0.25, 0.3) is 0 Å². The zero-order valence-electron chi connectivity index (χ0n) is 19.6. The molecule has 4 heterocycles. The van der Waals surface area contributed by atoms with Crippen LogP contribution in [0.15, 0.2) is 41.8 Å². The lowest BCUT2D eigenvalue weighted by molar-refractivity contribution is -0.138. The summed E-state index contributed by atoms with van der Waals surface area (Å²) in [6.07, 6.45) is 7.18. The molecule has 2 aliphatic heterocycles. The number of carbonyl (C=O) groups is 1. The van der Waals surface area contributed by atoms with Crippen LogP contribution in [-0.2, 0) is 16.2 Å². The fourth-order valence-electron chi connectivity index (χ4n) is 4.87. The highest BCUT2D eigenvalue weighted by atomic mass is 16.6. The van der Waals surface area contributed by atoms with E-state index in [2.05, 4.69) is 20.0 Å². The van der Waals surface area contributed by atoms with Crippen molar-refractivity contribution in [3.63, 3.8) is 0 Å².